The molecule has 0 atom stereocenters. The monoisotopic (exact) mass is 254 g/mol. The van der Waals surface area contributed by atoms with Gasteiger partial charge in [-0.1, -0.05) is 12.1 Å². The Morgan fingerprint density at radius 1 is 1.35 bits per heavy atom. The van der Waals surface area contributed by atoms with Gasteiger partial charge in [0.15, 0.2) is 0 Å². The lowest BCUT2D eigenvalue weighted by atomic mass is 10.2. The molecule has 0 aromatic heterocycles. The summed E-state index contributed by atoms with van der Waals surface area (Å²) in [5, 5.41) is 8.77. The van der Waals surface area contributed by atoms with Crippen LogP contribution in [0.25, 0.3) is 0 Å². The lowest BCUT2D eigenvalue weighted by molar-refractivity contribution is 0.274. The fourth-order valence-corrected chi connectivity index (χ4v) is 3.03. The van der Waals surface area contributed by atoms with E-state index < -0.39 is 10.0 Å². The van der Waals surface area contributed by atoms with Gasteiger partial charge in [0.05, 0.1) is 0 Å². The molecule has 0 saturated carbocycles. The van der Waals surface area contributed by atoms with Crippen molar-refractivity contribution in [3.05, 3.63) is 29.8 Å². The molecule has 0 bridgehead atoms. The number of amidine groups is 1. The van der Waals surface area contributed by atoms with Crippen LogP contribution in [0.3, 0.4) is 0 Å². The van der Waals surface area contributed by atoms with Crippen molar-refractivity contribution in [1.29, 1.82) is 0 Å². The van der Waals surface area contributed by atoms with E-state index in [0.717, 1.165) is 0 Å². The third-order valence-electron chi connectivity index (χ3n) is 2.63. The summed E-state index contributed by atoms with van der Waals surface area (Å²) in [5.41, 5.74) is 0.632. The van der Waals surface area contributed by atoms with Gasteiger partial charge in [-0.2, -0.15) is 8.42 Å². The third-order valence-corrected chi connectivity index (χ3v) is 3.95. The molecular weight excluding hydrogens is 240 g/mol. The van der Waals surface area contributed by atoms with Crippen molar-refractivity contribution in [3.8, 4) is 0 Å². The van der Waals surface area contributed by atoms with E-state index in [1.807, 2.05) is 0 Å². The van der Waals surface area contributed by atoms with Crippen molar-refractivity contribution in [1.82, 2.24) is 4.90 Å². The van der Waals surface area contributed by atoms with Crippen molar-refractivity contribution in [2.45, 2.75) is 11.3 Å². The number of nitrogens with zero attached hydrogens (tertiary/aromatic N) is 2. The zero-order valence-corrected chi connectivity index (χ0v) is 10.3. The molecule has 0 saturated heterocycles. The fraction of sp³-hybridized carbons (Fsp3) is 0.364. The first-order valence-electron chi connectivity index (χ1n) is 5.32. The Labute approximate surface area is 100 Å². The van der Waals surface area contributed by atoms with E-state index in [2.05, 4.69) is 4.40 Å². The second-order valence-electron chi connectivity index (χ2n) is 3.88. The predicted molar refractivity (Wildman–Crippen MR) is 64.5 cm³/mol. The molecule has 17 heavy (non-hydrogen) atoms. The second kappa shape index (κ2) is 4.46. The highest BCUT2D eigenvalue weighted by Gasteiger charge is 2.29. The number of hydrogen-bond donors (Lipinski definition) is 1. The molecule has 0 fully saturated rings. The average Bonchev–Trinajstić information content (AvgIpc) is 2.59. The Kier molecular flexibility index (Phi) is 3.17. The number of benzene rings is 1. The number of rotatable bonds is 3. The van der Waals surface area contributed by atoms with Crippen LogP contribution in [0.1, 0.15) is 12.0 Å². The lowest BCUT2D eigenvalue weighted by Gasteiger charge is -2.18. The van der Waals surface area contributed by atoms with Crippen molar-refractivity contribution in [2.24, 2.45) is 4.40 Å². The molecule has 1 aliphatic heterocycles. The molecule has 0 amide bonds. The fourth-order valence-electron chi connectivity index (χ4n) is 1.78. The molecule has 1 aromatic carbocycles. The summed E-state index contributed by atoms with van der Waals surface area (Å²) in [6.07, 6.45) is 0.581. The van der Waals surface area contributed by atoms with Gasteiger partial charge in [0.25, 0.3) is 10.0 Å². The van der Waals surface area contributed by atoms with Crippen molar-refractivity contribution in [3.63, 3.8) is 0 Å². The van der Waals surface area contributed by atoms with Gasteiger partial charge in [0.2, 0.25) is 0 Å². The van der Waals surface area contributed by atoms with E-state index in [9.17, 15) is 8.42 Å². The van der Waals surface area contributed by atoms with E-state index in [0.29, 0.717) is 24.4 Å². The highest BCUT2D eigenvalue weighted by molar-refractivity contribution is 7.90. The summed E-state index contributed by atoms with van der Waals surface area (Å²) in [6.45, 7) is 0.644. The smallest absolute Gasteiger partial charge is 0.285 e. The molecule has 1 N–H and O–H groups in total. The Morgan fingerprint density at radius 2 is 2.06 bits per heavy atom. The molecule has 0 aliphatic carbocycles. The van der Waals surface area contributed by atoms with Crippen LogP contribution < -0.4 is 0 Å². The van der Waals surface area contributed by atoms with Gasteiger partial charge in [-0.3, -0.25) is 0 Å². The molecule has 1 aliphatic rings. The highest BCUT2D eigenvalue weighted by atomic mass is 32.2. The lowest BCUT2D eigenvalue weighted by Crippen LogP contribution is -2.28. The van der Waals surface area contributed by atoms with E-state index in [1.54, 1.807) is 36.2 Å². The summed E-state index contributed by atoms with van der Waals surface area (Å²) >= 11 is 0. The summed E-state index contributed by atoms with van der Waals surface area (Å²) in [5.74, 6) is 0.453. The topological polar surface area (TPSA) is 70.0 Å². The van der Waals surface area contributed by atoms with Gasteiger partial charge in [0.1, 0.15) is 10.7 Å². The van der Waals surface area contributed by atoms with Crippen LogP contribution in [-0.4, -0.2) is 44.5 Å². The standard InChI is InChI=1S/C11H14N2O3S/c1-13(7-4-8-14)11-9-5-2-3-6-10(9)17(15,16)12-11/h2-3,5-6,14H,4,7-8H2,1H3. The van der Waals surface area contributed by atoms with Crippen LogP contribution in [0.15, 0.2) is 33.6 Å². The van der Waals surface area contributed by atoms with Crippen LogP contribution in [0.4, 0.5) is 0 Å². The summed E-state index contributed by atoms with van der Waals surface area (Å²) < 4.78 is 27.3. The van der Waals surface area contributed by atoms with E-state index >= 15 is 0 Å². The van der Waals surface area contributed by atoms with Gasteiger partial charge >= 0.3 is 0 Å². The molecule has 0 unspecified atom stereocenters. The van der Waals surface area contributed by atoms with Crippen molar-refractivity contribution >= 4 is 15.9 Å². The maximum atomic E-state index is 11.8. The summed E-state index contributed by atoms with van der Waals surface area (Å²) in [7, 11) is -1.77. The van der Waals surface area contributed by atoms with Gasteiger partial charge in [-0.05, 0) is 18.6 Å². The van der Waals surface area contributed by atoms with Crippen LogP contribution in [0.5, 0.6) is 0 Å². The largest absolute Gasteiger partial charge is 0.396 e. The number of aliphatic hydroxyl groups excluding tert-OH is 1. The molecule has 1 heterocycles. The van der Waals surface area contributed by atoms with Crippen LogP contribution in [-0.2, 0) is 10.0 Å². The quantitative estimate of drug-likeness (QED) is 0.850. The molecule has 92 valence electrons. The third kappa shape index (κ3) is 2.18. The van der Waals surface area contributed by atoms with Crippen molar-refractivity contribution < 1.29 is 13.5 Å². The molecular formula is C11H14N2O3S. The predicted octanol–water partition coefficient (Wildman–Crippen LogP) is 0.450. The number of fused-ring (bicyclic) bond motifs is 1. The molecule has 5 nitrogen and oxygen atoms in total. The van der Waals surface area contributed by atoms with Crippen LogP contribution >= 0.6 is 0 Å². The number of aliphatic hydroxyl groups is 1. The highest BCUT2D eigenvalue weighted by Crippen LogP contribution is 2.26. The number of sulfonamides is 1. The average molecular weight is 254 g/mol. The zero-order valence-electron chi connectivity index (χ0n) is 9.50. The summed E-state index contributed by atoms with van der Waals surface area (Å²) in [6, 6.07) is 6.77. The Balaban J connectivity index is 2.38. The van der Waals surface area contributed by atoms with Gasteiger partial charge in [0, 0.05) is 25.8 Å². The molecule has 1 aromatic rings. The SMILES string of the molecule is CN(CCCO)C1=NS(=O)(=O)c2ccccc21. The number of hydrogen-bond acceptors (Lipinski definition) is 4. The molecule has 0 spiro atoms. The van der Waals surface area contributed by atoms with Gasteiger partial charge < -0.3 is 10.0 Å². The second-order valence-corrected chi connectivity index (χ2v) is 5.46. The Morgan fingerprint density at radius 3 is 2.76 bits per heavy atom. The van der Waals surface area contributed by atoms with Crippen LogP contribution in [0.2, 0.25) is 0 Å². The first-order valence-corrected chi connectivity index (χ1v) is 6.76. The van der Waals surface area contributed by atoms with E-state index in [1.165, 1.54) is 0 Å². The van der Waals surface area contributed by atoms with E-state index in [4.69, 9.17) is 5.11 Å². The minimum Gasteiger partial charge on any atom is -0.396 e. The van der Waals surface area contributed by atoms with Gasteiger partial charge in [-0.25, -0.2) is 0 Å². The molecule has 2 rings (SSSR count). The minimum atomic E-state index is -3.54. The van der Waals surface area contributed by atoms with Gasteiger partial charge in [-0.15, -0.1) is 4.40 Å². The maximum absolute atomic E-state index is 11.8. The summed E-state index contributed by atoms with van der Waals surface area (Å²) in [4.78, 5) is 2.01. The normalized spacial score (nSPS) is 16.5. The molecule has 0 radical (unpaired) electrons. The van der Waals surface area contributed by atoms with Crippen molar-refractivity contribution in [2.75, 3.05) is 20.2 Å². The first kappa shape index (κ1) is 12.1. The Bertz CT molecular complexity index is 552. The Hall–Kier alpha value is -1.40. The first-order chi connectivity index (χ1) is 8.06. The minimum absolute atomic E-state index is 0.0754. The maximum Gasteiger partial charge on any atom is 0.285 e. The zero-order chi connectivity index (χ0) is 12.5. The van der Waals surface area contributed by atoms with Crippen LogP contribution in [0, 0.1) is 0 Å². The molecule has 6 heteroatoms. The van der Waals surface area contributed by atoms with E-state index in [-0.39, 0.29) is 11.5 Å².